The maximum absolute atomic E-state index is 13.4. The van der Waals surface area contributed by atoms with Crippen molar-refractivity contribution in [3.63, 3.8) is 0 Å². The number of halogens is 1. The maximum Gasteiger partial charge on any atom is 0.248 e. The van der Waals surface area contributed by atoms with Crippen molar-refractivity contribution < 1.29 is 14.0 Å². The fourth-order valence-corrected chi connectivity index (χ4v) is 2.46. The summed E-state index contributed by atoms with van der Waals surface area (Å²) in [6, 6.07) is 13.9. The quantitative estimate of drug-likeness (QED) is 0.917. The first kappa shape index (κ1) is 13.3. The van der Waals surface area contributed by atoms with Gasteiger partial charge in [0.1, 0.15) is 11.9 Å². The normalized spacial score (nSPS) is 18.5. The highest BCUT2D eigenvalue weighted by Crippen LogP contribution is 2.29. The molecule has 1 heterocycles. The van der Waals surface area contributed by atoms with Crippen LogP contribution in [0, 0.1) is 5.82 Å². The Morgan fingerprint density at radius 2 is 1.81 bits per heavy atom. The number of rotatable bonds is 2. The summed E-state index contributed by atoms with van der Waals surface area (Å²) in [6.07, 6.45) is 0. The van der Waals surface area contributed by atoms with Crippen molar-refractivity contribution in [2.75, 3.05) is 11.4 Å². The van der Waals surface area contributed by atoms with E-state index in [9.17, 15) is 14.0 Å². The van der Waals surface area contributed by atoms with E-state index in [0.29, 0.717) is 11.3 Å². The van der Waals surface area contributed by atoms with Crippen LogP contribution in [0.4, 0.5) is 10.1 Å². The first-order valence-electron chi connectivity index (χ1n) is 6.57. The molecule has 4 nitrogen and oxygen atoms in total. The Hall–Kier alpha value is -2.69. The average molecular weight is 284 g/mol. The SMILES string of the molecule is O=C1NCC(=O)N(c2cccc(F)c2)C1c1ccccc1. The maximum atomic E-state index is 13.4. The van der Waals surface area contributed by atoms with Crippen LogP contribution in [0.15, 0.2) is 54.6 Å². The van der Waals surface area contributed by atoms with Crippen LogP contribution in [0.25, 0.3) is 0 Å². The van der Waals surface area contributed by atoms with Gasteiger partial charge in [-0.1, -0.05) is 36.4 Å². The lowest BCUT2D eigenvalue weighted by Gasteiger charge is -2.35. The molecule has 5 heteroatoms. The van der Waals surface area contributed by atoms with Gasteiger partial charge < -0.3 is 5.32 Å². The molecule has 0 aromatic heterocycles. The van der Waals surface area contributed by atoms with Gasteiger partial charge in [0.05, 0.1) is 6.54 Å². The number of piperazine rings is 1. The number of carbonyl (C=O) groups is 2. The minimum Gasteiger partial charge on any atom is -0.345 e. The van der Waals surface area contributed by atoms with Crippen LogP contribution in [-0.4, -0.2) is 18.4 Å². The van der Waals surface area contributed by atoms with Gasteiger partial charge in [-0.15, -0.1) is 0 Å². The Kier molecular flexibility index (Phi) is 3.39. The van der Waals surface area contributed by atoms with Gasteiger partial charge in [-0.05, 0) is 23.8 Å². The molecule has 0 radical (unpaired) electrons. The van der Waals surface area contributed by atoms with E-state index in [-0.39, 0.29) is 18.4 Å². The van der Waals surface area contributed by atoms with Gasteiger partial charge in [0.2, 0.25) is 11.8 Å². The van der Waals surface area contributed by atoms with E-state index in [1.54, 1.807) is 30.3 Å². The zero-order valence-corrected chi connectivity index (χ0v) is 11.1. The Bertz CT molecular complexity index is 688. The van der Waals surface area contributed by atoms with Gasteiger partial charge in [-0.3, -0.25) is 14.5 Å². The van der Waals surface area contributed by atoms with E-state index in [2.05, 4.69) is 5.32 Å². The van der Waals surface area contributed by atoms with E-state index in [0.717, 1.165) is 0 Å². The van der Waals surface area contributed by atoms with Crippen LogP contribution in [-0.2, 0) is 9.59 Å². The summed E-state index contributed by atoms with van der Waals surface area (Å²) in [5.74, 6) is -0.989. The smallest absolute Gasteiger partial charge is 0.248 e. The first-order valence-corrected chi connectivity index (χ1v) is 6.57. The first-order chi connectivity index (χ1) is 10.2. The summed E-state index contributed by atoms with van der Waals surface area (Å²) in [4.78, 5) is 25.8. The third-order valence-corrected chi connectivity index (χ3v) is 3.39. The number of nitrogens with one attached hydrogen (secondary N) is 1. The van der Waals surface area contributed by atoms with E-state index in [4.69, 9.17) is 0 Å². The van der Waals surface area contributed by atoms with Crippen molar-refractivity contribution in [1.82, 2.24) is 5.32 Å². The molecule has 1 atom stereocenters. The molecule has 0 bridgehead atoms. The molecular formula is C16H13FN2O2. The van der Waals surface area contributed by atoms with Crippen LogP contribution in [0.1, 0.15) is 11.6 Å². The molecule has 0 saturated carbocycles. The van der Waals surface area contributed by atoms with Gasteiger partial charge in [-0.2, -0.15) is 0 Å². The van der Waals surface area contributed by atoms with E-state index < -0.39 is 11.9 Å². The Morgan fingerprint density at radius 1 is 1.05 bits per heavy atom. The van der Waals surface area contributed by atoms with E-state index >= 15 is 0 Å². The summed E-state index contributed by atoms with van der Waals surface area (Å²) >= 11 is 0. The number of benzene rings is 2. The van der Waals surface area contributed by atoms with Crippen LogP contribution in [0.3, 0.4) is 0 Å². The zero-order valence-electron chi connectivity index (χ0n) is 11.1. The molecular weight excluding hydrogens is 271 g/mol. The van der Waals surface area contributed by atoms with Crippen molar-refractivity contribution in [3.05, 3.63) is 66.0 Å². The second-order valence-corrected chi connectivity index (χ2v) is 4.77. The second-order valence-electron chi connectivity index (χ2n) is 4.77. The molecule has 1 aliphatic rings. The summed E-state index contributed by atoms with van der Waals surface area (Å²) < 4.78 is 13.4. The molecule has 1 aliphatic heterocycles. The molecule has 2 aromatic rings. The Balaban J connectivity index is 2.08. The number of nitrogens with zero attached hydrogens (tertiary/aromatic N) is 1. The van der Waals surface area contributed by atoms with Crippen LogP contribution in [0.2, 0.25) is 0 Å². The molecule has 1 fully saturated rings. The third kappa shape index (κ3) is 2.50. The molecule has 21 heavy (non-hydrogen) atoms. The highest BCUT2D eigenvalue weighted by molar-refractivity contribution is 6.06. The second kappa shape index (κ2) is 5.36. The van der Waals surface area contributed by atoms with E-state index in [1.165, 1.54) is 23.1 Å². The molecule has 3 rings (SSSR count). The van der Waals surface area contributed by atoms with Crippen LogP contribution in [0.5, 0.6) is 0 Å². The highest BCUT2D eigenvalue weighted by atomic mass is 19.1. The Labute approximate surface area is 121 Å². The predicted molar refractivity (Wildman–Crippen MR) is 76.1 cm³/mol. The van der Waals surface area contributed by atoms with Gasteiger partial charge in [0, 0.05) is 5.69 Å². The topological polar surface area (TPSA) is 49.4 Å². The van der Waals surface area contributed by atoms with Crippen molar-refractivity contribution in [1.29, 1.82) is 0 Å². The van der Waals surface area contributed by atoms with Crippen molar-refractivity contribution in [3.8, 4) is 0 Å². The van der Waals surface area contributed by atoms with Gasteiger partial charge in [-0.25, -0.2) is 4.39 Å². The molecule has 1 unspecified atom stereocenters. The largest absolute Gasteiger partial charge is 0.345 e. The third-order valence-electron chi connectivity index (χ3n) is 3.39. The molecule has 2 amide bonds. The van der Waals surface area contributed by atoms with Gasteiger partial charge >= 0.3 is 0 Å². The number of hydrogen-bond acceptors (Lipinski definition) is 2. The number of anilines is 1. The minimum atomic E-state index is -0.783. The predicted octanol–water partition coefficient (Wildman–Crippen LogP) is 2.03. The van der Waals surface area contributed by atoms with Crippen LogP contribution < -0.4 is 10.2 Å². The Morgan fingerprint density at radius 3 is 2.52 bits per heavy atom. The van der Waals surface area contributed by atoms with E-state index in [1.807, 2.05) is 6.07 Å². The lowest BCUT2D eigenvalue weighted by Crippen LogP contribution is -2.53. The van der Waals surface area contributed by atoms with Gasteiger partial charge in [0.25, 0.3) is 0 Å². The molecule has 0 spiro atoms. The summed E-state index contributed by atoms with van der Waals surface area (Å²) in [5.41, 5.74) is 1.07. The van der Waals surface area contributed by atoms with Crippen LogP contribution >= 0.6 is 0 Å². The van der Waals surface area contributed by atoms with Crippen molar-refractivity contribution in [2.24, 2.45) is 0 Å². The lowest BCUT2D eigenvalue weighted by molar-refractivity contribution is -0.131. The van der Waals surface area contributed by atoms with Crippen molar-refractivity contribution >= 4 is 17.5 Å². The molecule has 2 aromatic carbocycles. The lowest BCUT2D eigenvalue weighted by atomic mass is 10.0. The highest BCUT2D eigenvalue weighted by Gasteiger charge is 2.36. The van der Waals surface area contributed by atoms with Crippen molar-refractivity contribution in [2.45, 2.75) is 6.04 Å². The number of hydrogen-bond donors (Lipinski definition) is 1. The van der Waals surface area contributed by atoms with Gasteiger partial charge in [0.15, 0.2) is 0 Å². The molecule has 0 aliphatic carbocycles. The summed E-state index contributed by atoms with van der Waals surface area (Å²) in [5, 5.41) is 2.57. The average Bonchev–Trinajstić information content (AvgIpc) is 2.50. The summed E-state index contributed by atoms with van der Waals surface area (Å²) in [6.45, 7) is -0.0846. The zero-order chi connectivity index (χ0) is 14.8. The number of carbonyl (C=O) groups excluding carboxylic acids is 2. The monoisotopic (exact) mass is 284 g/mol. The number of amides is 2. The fraction of sp³-hybridized carbons (Fsp3) is 0.125. The molecule has 106 valence electrons. The molecule has 1 N–H and O–H groups in total. The molecule has 1 saturated heterocycles. The standard InChI is InChI=1S/C16H13FN2O2/c17-12-7-4-8-13(9-12)19-14(20)10-18-16(21)15(19)11-5-2-1-3-6-11/h1-9,15H,10H2,(H,18,21). The fourth-order valence-electron chi connectivity index (χ4n) is 2.46. The minimum absolute atomic E-state index is 0.0846. The summed E-state index contributed by atoms with van der Waals surface area (Å²) in [7, 11) is 0.